The number of allylic oxidation sites excluding steroid dienone is 2. The van der Waals surface area contributed by atoms with Crippen LogP contribution in [0.3, 0.4) is 0 Å². The zero-order chi connectivity index (χ0) is 14.5. The molecule has 0 amide bonds. The van der Waals surface area contributed by atoms with Gasteiger partial charge in [-0.2, -0.15) is 0 Å². The molecule has 0 fully saturated rings. The van der Waals surface area contributed by atoms with E-state index in [-0.39, 0.29) is 21.0 Å². The first-order valence-corrected chi connectivity index (χ1v) is 8.47. The van der Waals surface area contributed by atoms with Gasteiger partial charge in [0.1, 0.15) is 9.32 Å². The van der Waals surface area contributed by atoms with Gasteiger partial charge in [0, 0.05) is 54.0 Å². The van der Waals surface area contributed by atoms with Gasteiger partial charge in [-0.15, -0.1) is 10.2 Å². The second-order valence-corrected chi connectivity index (χ2v) is 7.88. The molecule has 1 aromatic rings. The van der Waals surface area contributed by atoms with E-state index in [0.717, 1.165) is 9.32 Å². The number of azo groups is 1. The van der Waals surface area contributed by atoms with Crippen molar-refractivity contribution in [3.8, 4) is 0 Å². The lowest BCUT2D eigenvalue weighted by atomic mass is 10.3. The third-order valence-corrected chi connectivity index (χ3v) is 5.01. The average Bonchev–Trinajstić information content (AvgIpc) is 2.61. The molecule has 0 aliphatic carbocycles. The number of nitrogens with zero attached hydrogens (tertiary/aromatic N) is 4. The Kier molecular flexibility index (Phi) is 5.31. The van der Waals surface area contributed by atoms with Crippen LogP contribution in [0.4, 0.5) is 11.4 Å². The molecule has 0 saturated carbocycles. The van der Waals surface area contributed by atoms with Gasteiger partial charge < -0.3 is 8.01 Å². The molecule has 0 radical (unpaired) electrons. The molecule has 0 atom stereocenters. The van der Waals surface area contributed by atoms with E-state index in [2.05, 4.69) is 13.3 Å². The topological polar surface area (TPSA) is 31.2 Å². The highest BCUT2D eigenvalue weighted by Crippen LogP contribution is 2.29. The van der Waals surface area contributed by atoms with E-state index in [1.807, 2.05) is 68.7 Å². The number of anilines is 1. The summed E-state index contributed by atoms with van der Waals surface area (Å²) < 4.78 is 3.16. The van der Waals surface area contributed by atoms with Crippen molar-refractivity contribution in [2.75, 3.05) is 26.0 Å². The summed E-state index contributed by atoms with van der Waals surface area (Å²) in [5.41, 5.74) is 1.74. The van der Waals surface area contributed by atoms with Crippen LogP contribution >= 0.6 is 32.6 Å². The molecule has 1 aliphatic heterocycles. The monoisotopic (exact) mass is 402 g/mol. The van der Waals surface area contributed by atoms with E-state index in [4.69, 9.17) is 11.6 Å². The zero-order valence-corrected chi connectivity index (χ0v) is 14.5. The lowest BCUT2D eigenvalue weighted by Gasteiger charge is -2.12. The standard InChI is InChI=1S/C14H16ClIN4/c1-19(2)11-7-8-13(12(15)10-11)17-18-14-6-4-5-9-20(3)16-14/h4-10H,1-3H3. The summed E-state index contributed by atoms with van der Waals surface area (Å²) in [6.07, 6.45) is 8.03. The Morgan fingerprint density at radius 2 is 2.00 bits per heavy atom. The largest absolute Gasteiger partial charge is 0.378 e. The van der Waals surface area contributed by atoms with Gasteiger partial charge in [-0.05, 0) is 30.4 Å². The van der Waals surface area contributed by atoms with Crippen LogP contribution in [-0.2, 0) is 0 Å². The molecule has 2 rings (SSSR count). The minimum Gasteiger partial charge on any atom is -0.378 e. The highest BCUT2D eigenvalue weighted by Gasteiger charge is 2.03. The van der Waals surface area contributed by atoms with Gasteiger partial charge in [0.05, 0.1) is 5.02 Å². The molecule has 1 aliphatic rings. The van der Waals surface area contributed by atoms with Crippen molar-refractivity contribution in [2.24, 2.45) is 10.2 Å². The van der Waals surface area contributed by atoms with Gasteiger partial charge in [-0.3, -0.25) is 0 Å². The van der Waals surface area contributed by atoms with Crippen LogP contribution in [0.2, 0.25) is 5.02 Å². The molecular weight excluding hydrogens is 387 g/mol. The Balaban J connectivity index is 2.20. The van der Waals surface area contributed by atoms with Crippen LogP contribution in [0.25, 0.3) is 0 Å². The first-order valence-electron chi connectivity index (χ1n) is 6.04. The normalized spacial score (nSPS) is 15.0. The number of halogens is 2. The van der Waals surface area contributed by atoms with Crippen molar-refractivity contribution in [3.05, 3.63) is 47.6 Å². The van der Waals surface area contributed by atoms with Crippen LogP contribution in [0, 0.1) is 0 Å². The van der Waals surface area contributed by atoms with Gasteiger partial charge >= 0.3 is 0 Å². The number of benzene rings is 1. The molecule has 0 N–H and O–H groups in total. The van der Waals surface area contributed by atoms with Gasteiger partial charge in [0.25, 0.3) is 0 Å². The average molecular weight is 403 g/mol. The summed E-state index contributed by atoms with van der Waals surface area (Å²) in [7, 11) is 6.00. The Morgan fingerprint density at radius 3 is 2.70 bits per heavy atom. The lowest BCUT2D eigenvalue weighted by Crippen LogP contribution is -2.07. The molecule has 1 heterocycles. The lowest BCUT2D eigenvalue weighted by molar-refractivity contribution is 0.835. The van der Waals surface area contributed by atoms with Gasteiger partial charge in [-0.25, -0.2) is 0 Å². The summed E-state index contributed by atoms with van der Waals surface area (Å²) in [6, 6.07) is 5.77. The Hall–Kier alpha value is -1.21. The number of rotatable bonds is 3. The van der Waals surface area contributed by atoms with E-state index < -0.39 is 0 Å². The molecule has 0 unspecified atom stereocenters. The molecule has 1 aromatic carbocycles. The third kappa shape index (κ3) is 4.14. The fraction of sp³-hybridized carbons (Fsp3) is 0.214. The SMILES string of the molecule is CN1C=CC=CC(N=Nc2ccc(N(C)C)cc2Cl)=I1. The smallest absolute Gasteiger partial charge is 0.134 e. The summed E-state index contributed by atoms with van der Waals surface area (Å²) in [4.78, 5) is 2.00. The van der Waals surface area contributed by atoms with E-state index in [0.29, 0.717) is 10.7 Å². The van der Waals surface area contributed by atoms with Crippen LogP contribution in [0.1, 0.15) is 0 Å². The van der Waals surface area contributed by atoms with Crippen molar-refractivity contribution < 1.29 is 0 Å². The maximum Gasteiger partial charge on any atom is 0.134 e. The zero-order valence-electron chi connectivity index (χ0n) is 11.6. The molecule has 4 nitrogen and oxygen atoms in total. The van der Waals surface area contributed by atoms with E-state index >= 15 is 0 Å². The quantitative estimate of drug-likeness (QED) is 0.423. The van der Waals surface area contributed by atoms with E-state index in [1.165, 1.54) is 0 Å². The number of hydrogen-bond donors (Lipinski definition) is 0. The van der Waals surface area contributed by atoms with Crippen molar-refractivity contribution in [1.82, 2.24) is 3.11 Å². The van der Waals surface area contributed by atoms with Gasteiger partial charge in [0.15, 0.2) is 0 Å². The molecule has 20 heavy (non-hydrogen) atoms. The van der Waals surface area contributed by atoms with Crippen LogP contribution in [0.15, 0.2) is 52.9 Å². The van der Waals surface area contributed by atoms with Crippen LogP contribution in [-0.4, -0.2) is 27.9 Å². The Morgan fingerprint density at radius 1 is 1.20 bits per heavy atom. The summed E-state index contributed by atoms with van der Waals surface area (Å²) >= 11 is 5.93. The second kappa shape index (κ2) is 6.99. The predicted octanol–water partition coefficient (Wildman–Crippen LogP) is 4.52. The van der Waals surface area contributed by atoms with Gasteiger partial charge in [-0.1, -0.05) is 17.7 Å². The van der Waals surface area contributed by atoms with Crippen molar-refractivity contribution in [3.63, 3.8) is 0 Å². The van der Waals surface area contributed by atoms with Crippen molar-refractivity contribution in [2.45, 2.75) is 0 Å². The highest BCUT2D eigenvalue weighted by atomic mass is 127. The first-order chi connectivity index (χ1) is 9.56. The van der Waals surface area contributed by atoms with E-state index in [9.17, 15) is 0 Å². The minimum atomic E-state index is -0.302. The molecule has 0 aromatic heterocycles. The van der Waals surface area contributed by atoms with Crippen LogP contribution < -0.4 is 4.90 Å². The third-order valence-electron chi connectivity index (χ3n) is 2.56. The fourth-order valence-corrected chi connectivity index (χ4v) is 3.41. The predicted molar refractivity (Wildman–Crippen MR) is 95.4 cm³/mol. The summed E-state index contributed by atoms with van der Waals surface area (Å²) in [5.74, 6) is 0. The van der Waals surface area contributed by atoms with Crippen molar-refractivity contribution >= 4 is 47.6 Å². The Labute approximate surface area is 134 Å². The van der Waals surface area contributed by atoms with Gasteiger partial charge in [0.2, 0.25) is 0 Å². The molecular formula is C14H16ClIN4. The Bertz CT molecular complexity index is 605. The van der Waals surface area contributed by atoms with Crippen molar-refractivity contribution in [1.29, 1.82) is 0 Å². The molecule has 0 spiro atoms. The molecule has 6 heteroatoms. The van der Waals surface area contributed by atoms with E-state index in [1.54, 1.807) is 0 Å². The molecule has 106 valence electrons. The fourth-order valence-electron chi connectivity index (χ4n) is 1.50. The second-order valence-electron chi connectivity index (χ2n) is 4.36. The maximum atomic E-state index is 6.23. The molecule has 0 saturated heterocycles. The summed E-state index contributed by atoms with van der Waals surface area (Å²) in [5, 5.41) is 9.20. The minimum absolute atomic E-state index is 0.302. The number of hydrogen-bond acceptors (Lipinski definition) is 4. The summed E-state index contributed by atoms with van der Waals surface area (Å²) in [6.45, 7) is 0. The highest BCUT2D eigenvalue weighted by molar-refractivity contribution is 14.2. The van der Waals surface area contributed by atoms with Crippen LogP contribution in [0.5, 0.6) is 0 Å². The maximum absolute atomic E-state index is 6.23. The molecule has 0 bridgehead atoms. The first kappa shape index (κ1) is 15.2.